The second-order valence-corrected chi connectivity index (χ2v) is 7.72. The molecular weight excluding hydrogens is 306 g/mol. The second-order valence-electron chi connectivity index (χ2n) is 7.72. The van der Waals surface area contributed by atoms with Gasteiger partial charge in [-0.3, -0.25) is 0 Å². The fraction of sp³-hybridized carbons (Fsp3) is 0.364. The highest BCUT2D eigenvalue weighted by Gasteiger charge is 2.38. The lowest BCUT2D eigenvalue weighted by atomic mass is 9.97. The van der Waals surface area contributed by atoms with Crippen molar-refractivity contribution in [2.75, 3.05) is 12.4 Å². The number of piperidine rings is 1. The number of rotatable bonds is 3. The zero-order valence-corrected chi connectivity index (χ0v) is 14.7. The van der Waals surface area contributed by atoms with Crippen molar-refractivity contribution in [1.29, 1.82) is 0 Å². The molecule has 0 aliphatic carbocycles. The Kier molecular flexibility index (Phi) is 3.56. The molecule has 2 N–H and O–H groups in total. The van der Waals surface area contributed by atoms with Crippen LogP contribution in [0.15, 0.2) is 54.7 Å². The van der Waals surface area contributed by atoms with Gasteiger partial charge in [0.25, 0.3) is 0 Å². The molecule has 0 radical (unpaired) electrons. The lowest BCUT2D eigenvalue weighted by Crippen LogP contribution is -2.44. The molecule has 0 spiro atoms. The molecule has 3 aromatic rings. The van der Waals surface area contributed by atoms with Crippen molar-refractivity contribution in [3.8, 4) is 11.1 Å². The third kappa shape index (κ3) is 2.73. The smallest absolute Gasteiger partial charge is 0.0454 e. The molecule has 2 saturated heterocycles. The summed E-state index contributed by atoms with van der Waals surface area (Å²) in [6.45, 7) is 0. The molecule has 2 bridgehead atoms. The predicted octanol–water partition coefficient (Wildman–Crippen LogP) is 4.87. The molecule has 0 amide bonds. The van der Waals surface area contributed by atoms with Gasteiger partial charge in [0.05, 0.1) is 0 Å². The molecular formula is C22H25N3. The van der Waals surface area contributed by atoms with E-state index in [2.05, 4.69) is 70.8 Å². The van der Waals surface area contributed by atoms with E-state index in [-0.39, 0.29) is 0 Å². The molecule has 25 heavy (non-hydrogen) atoms. The summed E-state index contributed by atoms with van der Waals surface area (Å²) in [5, 5.41) is 5.08. The summed E-state index contributed by atoms with van der Waals surface area (Å²) in [6.07, 6.45) is 7.28. The topological polar surface area (TPSA) is 31.1 Å². The van der Waals surface area contributed by atoms with Gasteiger partial charge in [-0.25, -0.2) is 0 Å². The standard InChI is InChI=1S/C22H25N3/c1-25-20-6-7-21(25)14-19(13-20)24-18-4-2-3-15(12-18)16-5-8-22-17(11-16)9-10-23-22/h2-5,8-12,19-21,23-24H,6-7,13-14H2,1H3. The number of anilines is 1. The predicted molar refractivity (Wildman–Crippen MR) is 105 cm³/mol. The summed E-state index contributed by atoms with van der Waals surface area (Å²) in [6, 6.07) is 19.8. The van der Waals surface area contributed by atoms with Crippen LogP contribution in [-0.2, 0) is 0 Å². The Morgan fingerprint density at radius 2 is 1.76 bits per heavy atom. The summed E-state index contributed by atoms with van der Waals surface area (Å²) in [5.74, 6) is 0. The molecule has 3 heteroatoms. The molecule has 0 saturated carbocycles. The molecule has 2 unspecified atom stereocenters. The molecule has 1 aromatic heterocycles. The number of hydrogen-bond acceptors (Lipinski definition) is 2. The minimum atomic E-state index is 0.608. The van der Waals surface area contributed by atoms with Gasteiger partial charge in [0, 0.05) is 35.5 Å². The Hall–Kier alpha value is -2.26. The van der Waals surface area contributed by atoms with Gasteiger partial charge in [-0.05, 0) is 79.6 Å². The summed E-state index contributed by atoms with van der Waals surface area (Å²) in [7, 11) is 2.30. The first-order valence-electron chi connectivity index (χ1n) is 9.42. The minimum absolute atomic E-state index is 0.608. The van der Waals surface area contributed by atoms with Crippen LogP contribution in [0, 0.1) is 0 Å². The number of fused-ring (bicyclic) bond motifs is 3. The van der Waals surface area contributed by atoms with Gasteiger partial charge < -0.3 is 15.2 Å². The summed E-state index contributed by atoms with van der Waals surface area (Å²) >= 11 is 0. The van der Waals surface area contributed by atoms with Gasteiger partial charge in [-0.1, -0.05) is 18.2 Å². The highest BCUT2D eigenvalue weighted by molar-refractivity contribution is 5.85. The molecule has 3 heterocycles. The highest BCUT2D eigenvalue weighted by atomic mass is 15.2. The van der Waals surface area contributed by atoms with Crippen molar-refractivity contribution in [3.05, 3.63) is 54.7 Å². The van der Waals surface area contributed by atoms with Gasteiger partial charge in [-0.15, -0.1) is 0 Å². The Bertz CT molecular complexity index is 883. The maximum absolute atomic E-state index is 3.81. The van der Waals surface area contributed by atoms with Crippen LogP contribution in [0.5, 0.6) is 0 Å². The average molecular weight is 331 g/mol. The van der Waals surface area contributed by atoms with E-state index in [0.717, 1.165) is 12.1 Å². The first-order chi connectivity index (χ1) is 12.3. The van der Waals surface area contributed by atoms with Crippen LogP contribution < -0.4 is 5.32 Å². The minimum Gasteiger partial charge on any atom is -0.382 e. The average Bonchev–Trinajstić information content (AvgIpc) is 3.16. The Morgan fingerprint density at radius 1 is 0.960 bits per heavy atom. The number of nitrogens with one attached hydrogen (secondary N) is 2. The second kappa shape index (κ2) is 5.92. The first-order valence-corrected chi connectivity index (χ1v) is 9.42. The molecule has 2 atom stereocenters. The fourth-order valence-corrected chi connectivity index (χ4v) is 4.79. The van der Waals surface area contributed by atoms with E-state index in [4.69, 9.17) is 0 Å². The van der Waals surface area contributed by atoms with Gasteiger partial charge >= 0.3 is 0 Å². The third-order valence-electron chi connectivity index (χ3n) is 6.22. The number of aromatic nitrogens is 1. The number of aromatic amines is 1. The zero-order valence-electron chi connectivity index (χ0n) is 14.7. The molecule has 3 nitrogen and oxygen atoms in total. The van der Waals surface area contributed by atoms with Crippen LogP contribution in [0.4, 0.5) is 5.69 Å². The number of H-pyrrole nitrogens is 1. The molecule has 2 aromatic carbocycles. The van der Waals surface area contributed by atoms with E-state index < -0.39 is 0 Å². The van der Waals surface area contributed by atoms with Gasteiger partial charge in [0.1, 0.15) is 0 Å². The van der Waals surface area contributed by atoms with Crippen LogP contribution in [0.25, 0.3) is 22.0 Å². The lowest BCUT2D eigenvalue weighted by Gasteiger charge is -2.37. The van der Waals surface area contributed by atoms with Gasteiger partial charge in [0.15, 0.2) is 0 Å². The Labute approximate surface area is 149 Å². The molecule has 5 rings (SSSR count). The van der Waals surface area contributed by atoms with E-state index in [1.165, 1.54) is 53.4 Å². The largest absolute Gasteiger partial charge is 0.382 e. The highest BCUT2D eigenvalue weighted by Crippen LogP contribution is 2.36. The van der Waals surface area contributed by atoms with Crippen LogP contribution in [0.3, 0.4) is 0 Å². The molecule has 2 aliphatic heterocycles. The monoisotopic (exact) mass is 331 g/mol. The van der Waals surface area contributed by atoms with E-state index in [9.17, 15) is 0 Å². The van der Waals surface area contributed by atoms with Crippen molar-refractivity contribution in [3.63, 3.8) is 0 Å². The van der Waals surface area contributed by atoms with E-state index in [0.29, 0.717) is 6.04 Å². The maximum Gasteiger partial charge on any atom is 0.0454 e. The third-order valence-corrected chi connectivity index (χ3v) is 6.22. The SMILES string of the molecule is CN1C2CCC1CC(Nc1cccc(-c3ccc4[nH]ccc4c3)c1)C2. The van der Waals surface area contributed by atoms with E-state index in [1.54, 1.807) is 0 Å². The summed E-state index contributed by atoms with van der Waals surface area (Å²) < 4.78 is 0. The van der Waals surface area contributed by atoms with Crippen LogP contribution >= 0.6 is 0 Å². The molecule has 2 aliphatic rings. The zero-order chi connectivity index (χ0) is 16.8. The molecule has 2 fully saturated rings. The van der Waals surface area contributed by atoms with Crippen molar-refractivity contribution < 1.29 is 0 Å². The quantitative estimate of drug-likeness (QED) is 0.717. The number of nitrogens with zero attached hydrogens (tertiary/aromatic N) is 1. The lowest BCUT2D eigenvalue weighted by molar-refractivity contribution is 0.169. The van der Waals surface area contributed by atoms with Crippen LogP contribution in [-0.4, -0.2) is 35.1 Å². The van der Waals surface area contributed by atoms with Crippen molar-refractivity contribution in [2.45, 2.75) is 43.8 Å². The van der Waals surface area contributed by atoms with E-state index in [1.807, 2.05) is 6.20 Å². The van der Waals surface area contributed by atoms with Crippen molar-refractivity contribution in [1.82, 2.24) is 9.88 Å². The van der Waals surface area contributed by atoms with Crippen LogP contribution in [0.2, 0.25) is 0 Å². The van der Waals surface area contributed by atoms with E-state index >= 15 is 0 Å². The Morgan fingerprint density at radius 3 is 2.60 bits per heavy atom. The first kappa shape index (κ1) is 15.0. The number of hydrogen-bond donors (Lipinski definition) is 2. The normalized spacial score (nSPS) is 26.2. The summed E-state index contributed by atoms with van der Waals surface area (Å²) in [5.41, 5.74) is 5.00. The van der Waals surface area contributed by atoms with Gasteiger partial charge in [0.2, 0.25) is 0 Å². The Balaban J connectivity index is 1.38. The van der Waals surface area contributed by atoms with Crippen molar-refractivity contribution >= 4 is 16.6 Å². The maximum atomic E-state index is 3.81. The summed E-state index contributed by atoms with van der Waals surface area (Å²) in [4.78, 5) is 5.86. The van der Waals surface area contributed by atoms with Crippen molar-refractivity contribution in [2.24, 2.45) is 0 Å². The fourth-order valence-electron chi connectivity index (χ4n) is 4.79. The molecule has 128 valence electrons. The number of benzene rings is 2. The van der Waals surface area contributed by atoms with Crippen LogP contribution in [0.1, 0.15) is 25.7 Å². The van der Waals surface area contributed by atoms with Gasteiger partial charge in [-0.2, -0.15) is 0 Å².